The van der Waals surface area contributed by atoms with Crippen molar-refractivity contribution in [1.29, 1.82) is 0 Å². The minimum absolute atomic E-state index is 0.162. The topological polar surface area (TPSA) is 53.0 Å². The highest BCUT2D eigenvalue weighted by Crippen LogP contribution is 2.34. The van der Waals surface area contributed by atoms with E-state index < -0.39 is 5.97 Å². The van der Waals surface area contributed by atoms with Crippen molar-refractivity contribution in [1.82, 2.24) is 9.80 Å². The van der Waals surface area contributed by atoms with Gasteiger partial charge >= 0.3 is 5.97 Å². The Hall–Kier alpha value is -0.650. The van der Waals surface area contributed by atoms with Crippen LogP contribution in [0.25, 0.3) is 0 Å². The number of morpholine rings is 1. The number of hydrogen-bond acceptors (Lipinski definition) is 4. The Morgan fingerprint density at radius 1 is 1.10 bits per heavy atom. The number of carboxylic acids is 1. The van der Waals surface area contributed by atoms with E-state index in [0.717, 1.165) is 58.7 Å². The summed E-state index contributed by atoms with van der Waals surface area (Å²) >= 11 is 0. The van der Waals surface area contributed by atoms with Crippen molar-refractivity contribution in [3.05, 3.63) is 0 Å². The summed E-state index contributed by atoms with van der Waals surface area (Å²) in [5, 5.41) is 9.52. The number of aliphatic carboxylic acids is 1. The molecule has 2 heterocycles. The van der Waals surface area contributed by atoms with Gasteiger partial charge in [-0.25, -0.2) is 0 Å². The van der Waals surface area contributed by atoms with E-state index in [-0.39, 0.29) is 12.0 Å². The maximum absolute atomic E-state index is 11.6. The lowest BCUT2D eigenvalue weighted by atomic mass is 9.78. The third-order valence-corrected chi connectivity index (χ3v) is 5.62. The van der Waals surface area contributed by atoms with Crippen molar-refractivity contribution in [2.45, 2.75) is 44.7 Å². The Morgan fingerprint density at radius 3 is 2.57 bits per heavy atom. The molecule has 5 heteroatoms. The number of hydrogen-bond donors (Lipinski definition) is 1. The fraction of sp³-hybridized carbons (Fsp3) is 0.938. The summed E-state index contributed by atoms with van der Waals surface area (Å²) in [6, 6.07) is 0.845. The molecule has 0 amide bonds. The first-order chi connectivity index (χ1) is 10.1. The average Bonchev–Trinajstić information content (AvgIpc) is 2.97. The van der Waals surface area contributed by atoms with Crippen LogP contribution in [-0.2, 0) is 9.53 Å². The fourth-order valence-electron chi connectivity index (χ4n) is 4.35. The van der Waals surface area contributed by atoms with Crippen LogP contribution in [0.4, 0.5) is 0 Å². The van der Waals surface area contributed by atoms with Gasteiger partial charge in [0.1, 0.15) is 0 Å². The Kier molecular flexibility index (Phi) is 4.82. The summed E-state index contributed by atoms with van der Waals surface area (Å²) in [5.74, 6) is -0.0978. The summed E-state index contributed by atoms with van der Waals surface area (Å²) in [6.45, 7) is 8.11. The molecule has 0 spiro atoms. The molecule has 3 rings (SSSR count). The van der Waals surface area contributed by atoms with Gasteiger partial charge in [0, 0.05) is 38.3 Å². The number of rotatable bonds is 3. The molecule has 0 aromatic heterocycles. The molecule has 0 aromatic rings. The van der Waals surface area contributed by atoms with E-state index in [9.17, 15) is 9.90 Å². The van der Waals surface area contributed by atoms with Crippen molar-refractivity contribution in [3.8, 4) is 0 Å². The SMILES string of the molecule is CC1CCC(C(=O)O)C(N2CCC(N3CCOCC3)C2)C1. The lowest BCUT2D eigenvalue weighted by Crippen LogP contribution is -2.49. The van der Waals surface area contributed by atoms with Crippen LogP contribution in [0.3, 0.4) is 0 Å². The van der Waals surface area contributed by atoms with Crippen LogP contribution in [0.2, 0.25) is 0 Å². The van der Waals surface area contributed by atoms with Crippen molar-refractivity contribution < 1.29 is 14.6 Å². The molecule has 1 aliphatic carbocycles. The summed E-state index contributed by atoms with van der Waals surface area (Å²) in [5.41, 5.74) is 0. The summed E-state index contributed by atoms with van der Waals surface area (Å²) in [6.07, 6.45) is 4.14. The predicted octanol–water partition coefficient (Wildman–Crippen LogP) is 1.28. The number of likely N-dealkylation sites (tertiary alicyclic amines) is 1. The highest BCUT2D eigenvalue weighted by atomic mass is 16.5. The third kappa shape index (κ3) is 3.41. The molecule has 2 aliphatic heterocycles. The van der Waals surface area contributed by atoms with Gasteiger partial charge in [-0.3, -0.25) is 14.6 Å². The summed E-state index contributed by atoms with van der Waals surface area (Å²) in [7, 11) is 0. The van der Waals surface area contributed by atoms with E-state index in [4.69, 9.17) is 4.74 Å². The molecular formula is C16H28N2O3. The van der Waals surface area contributed by atoms with Crippen LogP contribution < -0.4 is 0 Å². The van der Waals surface area contributed by atoms with E-state index in [0.29, 0.717) is 12.0 Å². The Morgan fingerprint density at radius 2 is 1.86 bits per heavy atom. The smallest absolute Gasteiger partial charge is 0.308 e. The molecule has 0 radical (unpaired) electrons. The first-order valence-electron chi connectivity index (χ1n) is 8.44. The molecule has 1 saturated carbocycles. The van der Waals surface area contributed by atoms with Crippen LogP contribution in [0.1, 0.15) is 32.6 Å². The van der Waals surface area contributed by atoms with Gasteiger partial charge in [0.25, 0.3) is 0 Å². The number of ether oxygens (including phenoxy) is 1. The van der Waals surface area contributed by atoms with Crippen LogP contribution in [0.5, 0.6) is 0 Å². The molecule has 1 N–H and O–H groups in total. The average molecular weight is 296 g/mol. The standard InChI is InChI=1S/C16H28N2O3/c1-12-2-3-14(16(19)20)15(10-12)18-5-4-13(11-18)17-6-8-21-9-7-17/h12-15H,2-11H2,1H3,(H,19,20). The quantitative estimate of drug-likeness (QED) is 0.850. The fourth-order valence-corrected chi connectivity index (χ4v) is 4.35. The summed E-state index contributed by atoms with van der Waals surface area (Å²) < 4.78 is 5.43. The Bertz CT molecular complexity index is 371. The van der Waals surface area contributed by atoms with Gasteiger partial charge in [-0.05, 0) is 31.6 Å². The van der Waals surface area contributed by atoms with Crippen molar-refractivity contribution in [3.63, 3.8) is 0 Å². The van der Waals surface area contributed by atoms with E-state index in [1.54, 1.807) is 0 Å². The molecule has 2 saturated heterocycles. The first-order valence-corrected chi connectivity index (χ1v) is 8.44. The number of nitrogens with zero attached hydrogens (tertiary/aromatic N) is 2. The molecule has 0 aromatic carbocycles. The molecule has 3 fully saturated rings. The van der Waals surface area contributed by atoms with Gasteiger partial charge in [0.05, 0.1) is 19.1 Å². The van der Waals surface area contributed by atoms with Gasteiger partial charge in [0.15, 0.2) is 0 Å². The van der Waals surface area contributed by atoms with E-state index in [2.05, 4.69) is 16.7 Å². The minimum Gasteiger partial charge on any atom is -0.481 e. The number of carbonyl (C=O) groups is 1. The van der Waals surface area contributed by atoms with E-state index in [1.807, 2.05) is 0 Å². The predicted molar refractivity (Wildman–Crippen MR) is 80.3 cm³/mol. The van der Waals surface area contributed by atoms with Crippen LogP contribution in [-0.4, -0.2) is 72.4 Å². The first kappa shape index (κ1) is 15.3. The van der Waals surface area contributed by atoms with Crippen LogP contribution in [0, 0.1) is 11.8 Å². The van der Waals surface area contributed by atoms with Crippen molar-refractivity contribution in [2.24, 2.45) is 11.8 Å². The van der Waals surface area contributed by atoms with Gasteiger partial charge in [-0.15, -0.1) is 0 Å². The van der Waals surface area contributed by atoms with Gasteiger partial charge in [-0.2, -0.15) is 0 Å². The van der Waals surface area contributed by atoms with Crippen LogP contribution in [0.15, 0.2) is 0 Å². The van der Waals surface area contributed by atoms with Crippen molar-refractivity contribution >= 4 is 5.97 Å². The highest BCUT2D eigenvalue weighted by Gasteiger charge is 2.40. The highest BCUT2D eigenvalue weighted by molar-refractivity contribution is 5.71. The molecular weight excluding hydrogens is 268 g/mol. The molecule has 4 atom stereocenters. The second-order valence-electron chi connectivity index (χ2n) is 7.02. The molecule has 120 valence electrons. The second-order valence-corrected chi connectivity index (χ2v) is 7.02. The molecule has 3 aliphatic rings. The van der Waals surface area contributed by atoms with Crippen LogP contribution >= 0.6 is 0 Å². The summed E-state index contributed by atoms with van der Waals surface area (Å²) in [4.78, 5) is 16.6. The lowest BCUT2D eigenvalue weighted by Gasteiger charge is -2.39. The lowest BCUT2D eigenvalue weighted by molar-refractivity contribution is -0.146. The maximum Gasteiger partial charge on any atom is 0.308 e. The minimum atomic E-state index is -0.596. The normalized spacial score (nSPS) is 39.5. The van der Waals surface area contributed by atoms with Gasteiger partial charge in [-0.1, -0.05) is 6.92 Å². The molecule has 21 heavy (non-hydrogen) atoms. The third-order valence-electron chi connectivity index (χ3n) is 5.62. The second kappa shape index (κ2) is 6.63. The maximum atomic E-state index is 11.6. The Balaban J connectivity index is 1.61. The largest absolute Gasteiger partial charge is 0.481 e. The molecule has 0 bridgehead atoms. The zero-order chi connectivity index (χ0) is 14.8. The number of carboxylic acid groups (broad SMARTS) is 1. The van der Waals surface area contributed by atoms with E-state index in [1.165, 1.54) is 6.42 Å². The zero-order valence-corrected chi connectivity index (χ0v) is 13.0. The van der Waals surface area contributed by atoms with Gasteiger partial charge in [0.2, 0.25) is 0 Å². The zero-order valence-electron chi connectivity index (χ0n) is 13.0. The molecule has 5 nitrogen and oxygen atoms in total. The van der Waals surface area contributed by atoms with Crippen molar-refractivity contribution in [2.75, 3.05) is 39.4 Å². The Labute approximate surface area is 127 Å². The molecule has 4 unspecified atom stereocenters. The monoisotopic (exact) mass is 296 g/mol. The van der Waals surface area contributed by atoms with E-state index >= 15 is 0 Å². The van der Waals surface area contributed by atoms with Gasteiger partial charge < -0.3 is 9.84 Å².